The molecule has 1 aliphatic carbocycles. The Hall–Kier alpha value is -0.850. The molecule has 18 heavy (non-hydrogen) atoms. The molecule has 2 heterocycles. The number of aliphatic hydroxyl groups excluding tert-OH is 3. The van der Waals surface area contributed by atoms with E-state index in [1.807, 2.05) is 4.90 Å². The van der Waals surface area contributed by atoms with Crippen LogP contribution in [-0.2, 0) is 4.74 Å². The van der Waals surface area contributed by atoms with E-state index in [-0.39, 0.29) is 12.0 Å². The molecule has 6 atom stereocenters. The number of amidine groups is 1. The van der Waals surface area contributed by atoms with Crippen LogP contribution in [0.2, 0.25) is 0 Å². The smallest absolute Gasteiger partial charge is 0.288 e. The molecule has 0 bridgehead atoms. The van der Waals surface area contributed by atoms with Gasteiger partial charge in [0.05, 0.1) is 12.2 Å². The zero-order valence-electron chi connectivity index (χ0n) is 10.4. The van der Waals surface area contributed by atoms with Crippen molar-refractivity contribution in [2.24, 2.45) is 10.9 Å². The maximum absolute atomic E-state index is 10.1. The van der Waals surface area contributed by atoms with Crippen molar-refractivity contribution in [1.29, 1.82) is 0 Å². The second-order valence-corrected chi connectivity index (χ2v) is 5.52. The van der Waals surface area contributed by atoms with Gasteiger partial charge in [-0.05, 0) is 19.8 Å². The second-order valence-electron chi connectivity index (χ2n) is 5.52. The van der Waals surface area contributed by atoms with E-state index in [1.54, 1.807) is 6.92 Å². The highest BCUT2D eigenvalue weighted by Crippen LogP contribution is 2.35. The number of aliphatic hydroxyl groups is 3. The molecule has 0 aromatic rings. The van der Waals surface area contributed by atoms with E-state index in [9.17, 15) is 15.3 Å². The highest BCUT2D eigenvalue weighted by molar-refractivity contribution is 5.76. The quantitative estimate of drug-likeness (QED) is 0.557. The average Bonchev–Trinajstić information content (AvgIpc) is 2.64. The summed E-state index contributed by atoms with van der Waals surface area (Å²) in [6.07, 6.45) is -1.11. The molecule has 2 fully saturated rings. The summed E-state index contributed by atoms with van der Waals surface area (Å²) in [5.41, 5.74) is 0. The third-order valence-corrected chi connectivity index (χ3v) is 4.29. The van der Waals surface area contributed by atoms with Gasteiger partial charge in [-0.15, -0.1) is 0 Å². The molecule has 6 heteroatoms. The first-order valence-electron chi connectivity index (χ1n) is 6.61. The zero-order chi connectivity index (χ0) is 12.9. The number of aliphatic imine (C=N–C) groups is 1. The summed E-state index contributed by atoms with van der Waals surface area (Å²) in [6.45, 7) is 3.51. The molecule has 1 saturated heterocycles. The topological polar surface area (TPSA) is 85.5 Å². The molecule has 6 nitrogen and oxygen atoms in total. The van der Waals surface area contributed by atoms with Gasteiger partial charge < -0.3 is 25.0 Å². The van der Waals surface area contributed by atoms with Crippen molar-refractivity contribution < 1.29 is 20.1 Å². The molecular formula is C12H20N2O4. The van der Waals surface area contributed by atoms with Crippen LogP contribution in [0.3, 0.4) is 0 Å². The second kappa shape index (κ2) is 4.36. The summed E-state index contributed by atoms with van der Waals surface area (Å²) in [5, 5.41) is 29.7. The van der Waals surface area contributed by atoms with Crippen molar-refractivity contribution in [2.75, 3.05) is 13.1 Å². The van der Waals surface area contributed by atoms with Gasteiger partial charge in [0.25, 0.3) is 6.02 Å². The van der Waals surface area contributed by atoms with Crippen molar-refractivity contribution in [2.45, 2.75) is 50.2 Å². The van der Waals surface area contributed by atoms with E-state index in [0.717, 1.165) is 19.5 Å². The predicted molar refractivity (Wildman–Crippen MR) is 64.1 cm³/mol. The number of fused-ring (bicyclic) bond motifs is 1. The van der Waals surface area contributed by atoms with E-state index in [1.165, 1.54) is 0 Å². The number of rotatable bonds is 1. The van der Waals surface area contributed by atoms with Gasteiger partial charge in [0.15, 0.2) is 0 Å². The number of nitrogens with zero attached hydrogens (tertiary/aromatic N) is 2. The fourth-order valence-corrected chi connectivity index (χ4v) is 2.94. The third kappa shape index (κ3) is 1.79. The van der Waals surface area contributed by atoms with Gasteiger partial charge in [0.2, 0.25) is 0 Å². The Morgan fingerprint density at radius 1 is 1.33 bits per heavy atom. The highest BCUT2D eigenvalue weighted by atomic mass is 16.5. The van der Waals surface area contributed by atoms with Crippen LogP contribution in [0.4, 0.5) is 0 Å². The van der Waals surface area contributed by atoms with E-state index in [2.05, 4.69) is 4.99 Å². The molecule has 0 amide bonds. The summed E-state index contributed by atoms with van der Waals surface area (Å²) < 4.78 is 5.76. The summed E-state index contributed by atoms with van der Waals surface area (Å²) in [5.74, 6) is -0.354. The molecule has 2 aliphatic heterocycles. The van der Waals surface area contributed by atoms with Gasteiger partial charge in [-0.25, -0.2) is 4.99 Å². The lowest BCUT2D eigenvalue weighted by Crippen LogP contribution is -2.54. The lowest BCUT2D eigenvalue weighted by molar-refractivity contribution is -0.112. The van der Waals surface area contributed by atoms with Crippen LogP contribution in [0.5, 0.6) is 0 Å². The molecule has 6 unspecified atom stereocenters. The minimum absolute atomic E-state index is 0.224. The largest absolute Gasteiger partial charge is 0.459 e. The van der Waals surface area contributed by atoms with Crippen LogP contribution in [-0.4, -0.2) is 69.8 Å². The number of ether oxygens (including phenoxy) is 1. The van der Waals surface area contributed by atoms with Crippen molar-refractivity contribution in [3.63, 3.8) is 0 Å². The number of likely N-dealkylation sites (tertiary alicyclic amines) is 1. The van der Waals surface area contributed by atoms with Crippen molar-refractivity contribution in [3.8, 4) is 0 Å². The van der Waals surface area contributed by atoms with Gasteiger partial charge in [-0.1, -0.05) is 0 Å². The monoisotopic (exact) mass is 256 g/mol. The van der Waals surface area contributed by atoms with E-state index in [4.69, 9.17) is 4.74 Å². The van der Waals surface area contributed by atoms with Gasteiger partial charge in [-0.3, -0.25) is 0 Å². The first-order chi connectivity index (χ1) is 8.58. The highest BCUT2D eigenvalue weighted by Gasteiger charge is 2.50. The van der Waals surface area contributed by atoms with E-state index < -0.39 is 24.4 Å². The Morgan fingerprint density at radius 3 is 2.61 bits per heavy atom. The third-order valence-electron chi connectivity index (χ3n) is 4.29. The standard InChI is InChI=1S/C12H20N2O4/c1-6(15)7-5-8-9(11(17)10(7)16)13-12(18-8)14-3-2-4-14/h6-11,15-17H,2-5H2,1H3. The van der Waals surface area contributed by atoms with Crippen molar-refractivity contribution >= 4 is 6.02 Å². The van der Waals surface area contributed by atoms with Crippen molar-refractivity contribution in [3.05, 3.63) is 0 Å². The lowest BCUT2D eigenvalue weighted by atomic mass is 9.77. The first kappa shape index (κ1) is 12.2. The molecule has 102 valence electrons. The molecule has 0 radical (unpaired) electrons. The SMILES string of the molecule is CC(O)C1CC2OC(N3CCC3)=NC2C(O)C1O. The lowest BCUT2D eigenvalue weighted by Gasteiger charge is -2.39. The summed E-state index contributed by atoms with van der Waals surface area (Å²) in [6, 6.07) is 0.194. The Morgan fingerprint density at radius 2 is 2.06 bits per heavy atom. The summed E-state index contributed by atoms with van der Waals surface area (Å²) >= 11 is 0. The number of hydrogen-bond acceptors (Lipinski definition) is 6. The molecular weight excluding hydrogens is 236 g/mol. The zero-order valence-corrected chi connectivity index (χ0v) is 10.4. The maximum Gasteiger partial charge on any atom is 0.288 e. The Kier molecular flexibility index (Phi) is 2.96. The van der Waals surface area contributed by atoms with Crippen LogP contribution in [0.15, 0.2) is 4.99 Å². The van der Waals surface area contributed by atoms with Crippen LogP contribution < -0.4 is 0 Å². The Balaban J connectivity index is 1.75. The van der Waals surface area contributed by atoms with Gasteiger partial charge in [0.1, 0.15) is 18.2 Å². The normalized spacial score (nSPS) is 44.8. The van der Waals surface area contributed by atoms with E-state index >= 15 is 0 Å². The van der Waals surface area contributed by atoms with Crippen LogP contribution in [0.25, 0.3) is 0 Å². The summed E-state index contributed by atoms with van der Waals surface area (Å²) in [4.78, 5) is 6.42. The molecule has 3 rings (SSSR count). The summed E-state index contributed by atoms with van der Waals surface area (Å²) in [7, 11) is 0. The fraction of sp³-hybridized carbons (Fsp3) is 0.917. The predicted octanol–water partition coefficient (Wildman–Crippen LogP) is -1.06. The first-order valence-corrected chi connectivity index (χ1v) is 6.61. The molecule has 3 aliphatic rings. The molecule has 1 saturated carbocycles. The van der Waals surface area contributed by atoms with Crippen LogP contribution in [0, 0.1) is 5.92 Å². The average molecular weight is 256 g/mol. The Labute approximate surface area is 106 Å². The maximum atomic E-state index is 10.1. The van der Waals surface area contributed by atoms with Gasteiger partial charge >= 0.3 is 0 Å². The molecule has 3 N–H and O–H groups in total. The minimum Gasteiger partial charge on any atom is -0.459 e. The van der Waals surface area contributed by atoms with Crippen molar-refractivity contribution in [1.82, 2.24) is 4.90 Å². The Bertz CT molecular complexity index is 356. The fourth-order valence-electron chi connectivity index (χ4n) is 2.94. The molecule has 0 spiro atoms. The minimum atomic E-state index is -0.956. The molecule has 0 aromatic heterocycles. The van der Waals surface area contributed by atoms with Crippen LogP contribution >= 0.6 is 0 Å². The molecule has 0 aromatic carbocycles. The van der Waals surface area contributed by atoms with Gasteiger partial charge in [-0.2, -0.15) is 0 Å². The van der Waals surface area contributed by atoms with Crippen LogP contribution in [0.1, 0.15) is 19.8 Å². The number of hydrogen-bond donors (Lipinski definition) is 3. The van der Waals surface area contributed by atoms with Gasteiger partial charge in [0, 0.05) is 19.0 Å². The van der Waals surface area contributed by atoms with E-state index in [0.29, 0.717) is 12.4 Å².